The largest absolute Gasteiger partial charge is 0.352 e. The van der Waals surface area contributed by atoms with Crippen LogP contribution in [0.1, 0.15) is 43.7 Å². The molecule has 1 N–H and O–H groups in total. The molecule has 0 radical (unpaired) electrons. The summed E-state index contributed by atoms with van der Waals surface area (Å²) in [6, 6.07) is 14.7. The number of aromatic nitrogens is 1. The van der Waals surface area contributed by atoms with Crippen LogP contribution in [-0.4, -0.2) is 34.9 Å². The van der Waals surface area contributed by atoms with Gasteiger partial charge in [-0.3, -0.25) is 14.7 Å². The molecule has 4 heteroatoms. The van der Waals surface area contributed by atoms with Crippen molar-refractivity contribution in [2.75, 3.05) is 13.1 Å². The number of amides is 1. The fraction of sp³-hybridized carbons (Fsp3) is 0.500. The fourth-order valence-electron chi connectivity index (χ4n) is 5.18. The summed E-state index contributed by atoms with van der Waals surface area (Å²) >= 11 is 0. The highest BCUT2D eigenvalue weighted by Crippen LogP contribution is 2.39. The summed E-state index contributed by atoms with van der Waals surface area (Å²) in [5.74, 6) is 1.69. The van der Waals surface area contributed by atoms with Crippen LogP contribution in [0.5, 0.6) is 0 Å². The average molecular weight is 378 g/mol. The van der Waals surface area contributed by atoms with E-state index in [2.05, 4.69) is 53.3 Å². The van der Waals surface area contributed by atoms with Gasteiger partial charge in [0.25, 0.3) is 0 Å². The van der Waals surface area contributed by atoms with E-state index in [9.17, 15) is 4.79 Å². The van der Waals surface area contributed by atoms with Gasteiger partial charge in [-0.05, 0) is 53.9 Å². The second-order valence-electron chi connectivity index (χ2n) is 8.80. The number of hydrogen-bond donors (Lipinski definition) is 1. The summed E-state index contributed by atoms with van der Waals surface area (Å²) in [5, 5.41) is 3.44. The first kappa shape index (κ1) is 19.1. The number of nitrogens with one attached hydrogen (secondary N) is 1. The van der Waals surface area contributed by atoms with Crippen molar-refractivity contribution < 1.29 is 4.79 Å². The number of likely N-dealkylation sites (tertiary alicyclic amines) is 1. The molecule has 0 spiro atoms. The Morgan fingerprint density at radius 1 is 1.11 bits per heavy atom. The third-order valence-electron chi connectivity index (χ3n) is 6.52. The van der Waals surface area contributed by atoms with Crippen molar-refractivity contribution in [3.8, 4) is 0 Å². The van der Waals surface area contributed by atoms with Gasteiger partial charge in [0.2, 0.25) is 5.91 Å². The summed E-state index contributed by atoms with van der Waals surface area (Å²) < 4.78 is 0. The molecule has 2 aromatic rings. The lowest BCUT2D eigenvalue weighted by atomic mass is 9.87. The van der Waals surface area contributed by atoms with Crippen molar-refractivity contribution in [3.63, 3.8) is 0 Å². The lowest BCUT2D eigenvalue weighted by Crippen LogP contribution is -2.43. The van der Waals surface area contributed by atoms with E-state index in [1.54, 1.807) is 0 Å². The monoisotopic (exact) mass is 377 g/mol. The van der Waals surface area contributed by atoms with Crippen molar-refractivity contribution in [3.05, 3.63) is 66.0 Å². The summed E-state index contributed by atoms with van der Waals surface area (Å²) in [4.78, 5) is 19.8. The predicted molar refractivity (Wildman–Crippen MR) is 112 cm³/mol. The summed E-state index contributed by atoms with van der Waals surface area (Å²) in [5.41, 5.74) is 2.44. The van der Waals surface area contributed by atoms with Crippen LogP contribution in [-0.2, 0) is 11.3 Å². The van der Waals surface area contributed by atoms with Gasteiger partial charge in [0.15, 0.2) is 0 Å². The van der Waals surface area contributed by atoms with E-state index in [1.807, 2.05) is 30.6 Å². The third-order valence-corrected chi connectivity index (χ3v) is 6.52. The molecule has 28 heavy (non-hydrogen) atoms. The quantitative estimate of drug-likeness (QED) is 0.832. The standard InChI is InChI=1S/C24H31N3O/c1-17(2)23(19-6-4-3-5-7-19)24(28)26-22-9-8-20-15-27(16-21(20)22)14-18-10-12-25-13-11-18/h3-7,10-13,17,20-23H,8-9,14-16H2,1-2H3,(H,26,28)/t20-,21+,22+,23?/m1/s1. The molecule has 2 aliphatic rings. The van der Waals surface area contributed by atoms with Gasteiger partial charge in [-0.25, -0.2) is 0 Å². The average Bonchev–Trinajstić information content (AvgIpc) is 3.24. The number of benzene rings is 1. The Hall–Kier alpha value is -2.20. The third kappa shape index (κ3) is 4.12. The van der Waals surface area contributed by atoms with E-state index in [0.717, 1.165) is 31.6 Å². The van der Waals surface area contributed by atoms with Crippen molar-refractivity contribution in [2.24, 2.45) is 17.8 Å². The lowest BCUT2D eigenvalue weighted by Gasteiger charge is -2.26. The maximum Gasteiger partial charge on any atom is 0.228 e. The van der Waals surface area contributed by atoms with Gasteiger partial charge >= 0.3 is 0 Å². The minimum atomic E-state index is -0.0745. The summed E-state index contributed by atoms with van der Waals surface area (Å²) in [6.45, 7) is 7.48. The Bertz CT molecular complexity index is 777. The first-order valence-corrected chi connectivity index (χ1v) is 10.6. The Labute approximate surface area is 168 Å². The van der Waals surface area contributed by atoms with Crippen LogP contribution in [0.3, 0.4) is 0 Å². The van der Waals surface area contributed by atoms with Gasteiger partial charge < -0.3 is 5.32 Å². The molecular weight excluding hydrogens is 346 g/mol. The molecule has 1 saturated carbocycles. The molecule has 1 unspecified atom stereocenters. The molecule has 1 aliphatic heterocycles. The fourth-order valence-corrected chi connectivity index (χ4v) is 5.18. The Balaban J connectivity index is 1.39. The minimum Gasteiger partial charge on any atom is -0.352 e. The minimum absolute atomic E-state index is 0.0745. The van der Waals surface area contributed by atoms with Gasteiger partial charge in [0, 0.05) is 38.1 Å². The number of hydrogen-bond acceptors (Lipinski definition) is 3. The van der Waals surface area contributed by atoms with Crippen LogP contribution in [0, 0.1) is 17.8 Å². The van der Waals surface area contributed by atoms with E-state index < -0.39 is 0 Å². The van der Waals surface area contributed by atoms with E-state index in [1.165, 1.54) is 12.0 Å². The topological polar surface area (TPSA) is 45.2 Å². The van der Waals surface area contributed by atoms with Gasteiger partial charge in [-0.1, -0.05) is 44.2 Å². The zero-order chi connectivity index (χ0) is 19.5. The van der Waals surface area contributed by atoms with Crippen LogP contribution in [0.2, 0.25) is 0 Å². The zero-order valence-electron chi connectivity index (χ0n) is 16.9. The Morgan fingerprint density at radius 3 is 2.57 bits per heavy atom. The second kappa shape index (κ2) is 8.44. The Morgan fingerprint density at radius 2 is 1.86 bits per heavy atom. The van der Waals surface area contributed by atoms with Gasteiger partial charge in [-0.15, -0.1) is 0 Å². The molecule has 1 aliphatic carbocycles. The number of rotatable bonds is 6. The maximum absolute atomic E-state index is 13.2. The molecule has 0 bridgehead atoms. The van der Waals surface area contributed by atoms with Crippen LogP contribution in [0.15, 0.2) is 54.9 Å². The van der Waals surface area contributed by atoms with E-state index >= 15 is 0 Å². The van der Waals surface area contributed by atoms with Gasteiger partial charge in [-0.2, -0.15) is 0 Å². The molecule has 148 valence electrons. The number of carbonyl (C=O) groups is 1. The molecule has 1 amide bonds. The Kier molecular flexibility index (Phi) is 5.77. The SMILES string of the molecule is CC(C)C(C(=O)N[C@H]1CC[C@@H]2CN(Cc3ccncc3)C[C@@H]21)c1ccccc1. The zero-order valence-corrected chi connectivity index (χ0v) is 16.9. The number of fused-ring (bicyclic) bond motifs is 1. The molecule has 2 fully saturated rings. The van der Waals surface area contributed by atoms with Crippen LogP contribution < -0.4 is 5.32 Å². The molecule has 4 nitrogen and oxygen atoms in total. The summed E-state index contributed by atoms with van der Waals surface area (Å²) in [6.07, 6.45) is 6.07. The molecule has 1 aromatic heterocycles. The summed E-state index contributed by atoms with van der Waals surface area (Å²) in [7, 11) is 0. The first-order chi connectivity index (χ1) is 13.6. The molecule has 4 rings (SSSR count). The molecular formula is C24H31N3O. The molecule has 1 saturated heterocycles. The smallest absolute Gasteiger partial charge is 0.228 e. The van der Waals surface area contributed by atoms with Crippen LogP contribution >= 0.6 is 0 Å². The van der Waals surface area contributed by atoms with Crippen LogP contribution in [0.4, 0.5) is 0 Å². The number of pyridine rings is 1. The predicted octanol–water partition coefficient (Wildman–Crippen LogP) is 3.85. The van der Waals surface area contributed by atoms with Gasteiger partial charge in [0.05, 0.1) is 5.92 Å². The number of carbonyl (C=O) groups excluding carboxylic acids is 1. The molecule has 2 heterocycles. The van der Waals surface area contributed by atoms with E-state index in [-0.39, 0.29) is 17.7 Å². The lowest BCUT2D eigenvalue weighted by molar-refractivity contribution is -0.124. The van der Waals surface area contributed by atoms with Crippen LogP contribution in [0.25, 0.3) is 0 Å². The van der Waals surface area contributed by atoms with Crippen molar-refractivity contribution in [2.45, 2.75) is 45.2 Å². The molecule has 4 atom stereocenters. The van der Waals surface area contributed by atoms with E-state index in [4.69, 9.17) is 0 Å². The highest BCUT2D eigenvalue weighted by Gasteiger charge is 2.43. The second-order valence-corrected chi connectivity index (χ2v) is 8.80. The van der Waals surface area contributed by atoms with Crippen molar-refractivity contribution in [1.29, 1.82) is 0 Å². The number of nitrogens with zero attached hydrogens (tertiary/aromatic N) is 2. The van der Waals surface area contributed by atoms with Gasteiger partial charge in [0.1, 0.15) is 0 Å². The highest BCUT2D eigenvalue weighted by atomic mass is 16.2. The maximum atomic E-state index is 13.2. The molecule has 1 aromatic carbocycles. The van der Waals surface area contributed by atoms with Crippen molar-refractivity contribution >= 4 is 5.91 Å². The highest BCUT2D eigenvalue weighted by molar-refractivity contribution is 5.84. The normalized spacial score (nSPS) is 25.6. The first-order valence-electron chi connectivity index (χ1n) is 10.6. The van der Waals surface area contributed by atoms with Crippen molar-refractivity contribution in [1.82, 2.24) is 15.2 Å². The van der Waals surface area contributed by atoms with E-state index in [0.29, 0.717) is 17.9 Å².